The van der Waals surface area contributed by atoms with E-state index in [0.29, 0.717) is 50.2 Å². The van der Waals surface area contributed by atoms with Crippen LogP contribution in [0.5, 0.6) is 0 Å². The van der Waals surface area contributed by atoms with Crippen LogP contribution in [0.1, 0.15) is 25.7 Å². The number of halogens is 2. The topological polar surface area (TPSA) is 99.2 Å². The van der Waals surface area contributed by atoms with Crippen LogP contribution in [0.15, 0.2) is 23.1 Å². The molecule has 0 aliphatic carbocycles. The largest absolute Gasteiger partial charge is 0.396 e. The molecule has 2 N–H and O–H groups in total. The fourth-order valence-corrected chi connectivity index (χ4v) is 3.42. The van der Waals surface area contributed by atoms with Crippen LogP contribution in [-0.2, 0) is 4.79 Å². The Kier molecular flexibility index (Phi) is 6.18. The van der Waals surface area contributed by atoms with Crippen molar-refractivity contribution in [1.82, 2.24) is 15.0 Å². The molecule has 1 aliphatic heterocycles. The molecule has 0 spiro atoms. The van der Waals surface area contributed by atoms with E-state index in [1.165, 1.54) is 12.3 Å². The van der Waals surface area contributed by atoms with E-state index in [1.807, 2.05) is 4.90 Å². The lowest BCUT2D eigenvalue weighted by Gasteiger charge is -2.32. The van der Waals surface area contributed by atoms with Crippen molar-refractivity contribution in [3.05, 3.63) is 39.7 Å². The quantitative estimate of drug-likeness (QED) is 0.728. The molecule has 3 heterocycles. The summed E-state index contributed by atoms with van der Waals surface area (Å²) >= 11 is 6.16. The predicted octanol–water partition coefficient (Wildman–Crippen LogP) is 2.18. The SMILES string of the molecule is O=C(CCCO)C1CCN(c2nc(-c3ccnc(F)c3)[nH]c(=O)c2Cl)CC1. The number of aromatic amines is 1. The van der Waals surface area contributed by atoms with Crippen molar-refractivity contribution >= 4 is 23.2 Å². The summed E-state index contributed by atoms with van der Waals surface area (Å²) in [5, 5.41) is 8.83. The van der Waals surface area contributed by atoms with Gasteiger partial charge < -0.3 is 15.0 Å². The normalized spacial score (nSPS) is 15.1. The average molecular weight is 395 g/mol. The molecule has 144 valence electrons. The maximum absolute atomic E-state index is 13.4. The Morgan fingerprint density at radius 1 is 1.41 bits per heavy atom. The van der Waals surface area contributed by atoms with Gasteiger partial charge in [0.25, 0.3) is 5.56 Å². The summed E-state index contributed by atoms with van der Waals surface area (Å²) in [6.45, 7) is 1.08. The Morgan fingerprint density at radius 3 is 2.81 bits per heavy atom. The van der Waals surface area contributed by atoms with Crippen LogP contribution >= 0.6 is 11.6 Å². The first-order valence-electron chi connectivity index (χ1n) is 8.80. The first-order valence-corrected chi connectivity index (χ1v) is 9.17. The Balaban J connectivity index is 1.79. The first-order chi connectivity index (χ1) is 13.0. The number of aromatic nitrogens is 3. The van der Waals surface area contributed by atoms with E-state index in [0.717, 1.165) is 0 Å². The van der Waals surface area contributed by atoms with Gasteiger partial charge in [-0.3, -0.25) is 9.59 Å². The van der Waals surface area contributed by atoms with E-state index in [2.05, 4.69) is 15.0 Å². The van der Waals surface area contributed by atoms with Crippen LogP contribution in [0.2, 0.25) is 5.02 Å². The number of pyridine rings is 1. The summed E-state index contributed by atoms with van der Waals surface area (Å²) in [4.78, 5) is 36.7. The second-order valence-electron chi connectivity index (χ2n) is 6.47. The molecule has 0 saturated carbocycles. The van der Waals surface area contributed by atoms with E-state index >= 15 is 0 Å². The van der Waals surface area contributed by atoms with Crippen molar-refractivity contribution in [2.24, 2.45) is 5.92 Å². The van der Waals surface area contributed by atoms with E-state index in [4.69, 9.17) is 16.7 Å². The zero-order valence-electron chi connectivity index (χ0n) is 14.6. The van der Waals surface area contributed by atoms with Crippen LogP contribution in [0, 0.1) is 11.9 Å². The van der Waals surface area contributed by atoms with Crippen molar-refractivity contribution in [2.75, 3.05) is 24.6 Å². The summed E-state index contributed by atoms with van der Waals surface area (Å²) in [6, 6.07) is 2.73. The van der Waals surface area contributed by atoms with Gasteiger partial charge in [-0.05, 0) is 25.3 Å². The molecular formula is C18H20ClFN4O3. The monoisotopic (exact) mass is 394 g/mol. The maximum atomic E-state index is 13.4. The highest BCUT2D eigenvalue weighted by Crippen LogP contribution is 2.28. The lowest BCUT2D eigenvalue weighted by atomic mass is 9.90. The second kappa shape index (κ2) is 8.58. The molecule has 7 nitrogen and oxygen atoms in total. The van der Waals surface area contributed by atoms with Gasteiger partial charge in [0.15, 0.2) is 5.82 Å². The van der Waals surface area contributed by atoms with Crippen molar-refractivity contribution < 1.29 is 14.3 Å². The van der Waals surface area contributed by atoms with E-state index in [1.54, 1.807) is 6.07 Å². The number of nitrogens with zero attached hydrogens (tertiary/aromatic N) is 3. The predicted molar refractivity (Wildman–Crippen MR) is 99.3 cm³/mol. The number of aliphatic hydroxyl groups excluding tert-OH is 1. The Hall–Kier alpha value is -2.32. The zero-order valence-corrected chi connectivity index (χ0v) is 15.4. The van der Waals surface area contributed by atoms with Crippen molar-refractivity contribution in [1.29, 1.82) is 0 Å². The molecule has 27 heavy (non-hydrogen) atoms. The number of H-pyrrole nitrogens is 1. The third kappa shape index (κ3) is 4.51. The minimum Gasteiger partial charge on any atom is -0.396 e. The number of nitrogens with one attached hydrogen (secondary N) is 1. The number of hydrogen-bond donors (Lipinski definition) is 2. The van der Waals surface area contributed by atoms with Gasteiger partial charge in [-0.1, -0.05) is 11.6 Å². The lowest BCUT2D eigenvalue weighted by molar-refractivity contribution is -0.123. The molecule has 0 radical (unpaired) electrons. The maximum Gasteiger partial charge on any atom is 0.272 e. The summed E-state index contributed by atoms with van der Waals surface area (Å²) in [5.41, 5.74) is -0.110. The average Bonchev–Trinajstić information content (AvgIpc) is 2.68. The van der Waals surface area contributed by atoms with Crippen LogP contribution in [-0.4, -0.2) is 45.5 Å². The van der Waals surface area contributed by atoms with Gasteiger partial charge in [-0.2, -0.15) is 4.39 Å². The molecular weight excluding hydrogens is 375 g/mol. The molecule has 0 amide bonds. The standard InChI is InChI=1S/C18H20ClFN4O3/c19-15-17(24-7-4-11(5-8-24)13(26)2-1-9-25)22-16(23-18(15)27)12-3-6-21-14(20)10-12/h3,6,10-11,25H,1-2,4-5,7-9H2,(H,22,23,27). The summed E-state index contributed by atoms with van der Waals surface area (Å²) in [5.74, 6) is -0.0338. The third-order valence-electron chi connectivity index (χ3n) is 4.68. The highest BCUT2D eigenvalue weighted by molar-refractivity contribution is 6.32. The molecule has 2 aromatic rings. The van der Waals surface area contributed by atoms with E-state index in [9.17, 15) is 14.0 Å². The highest BCUT2D eigenvalue weighted by Gasteiger charge is 2.27. The number of hydrogen-bond acceptors (Lipinski definition) is 6. The number of piperidine rings is 1. The minimum absolute atomic E-state index is 0.00921. The molecule has 0 bridgehead atoms. The molecule has 3 rings (SSSR count). The van der Waals surface area contributed by atoms with Crippen LogP contribution in [0.25, 0.3) is 11.4 Å². The molecule has 0 aromatic carbocycles. The first kappa shape index (κ1) is 19.4. The number of ketones is 1. The fourth-order valence-electron chi connectivity index (χ4n) is 3.21. The number of rotatable bonds is 6. The highest BCUT2D eigenvalue weighted by atomic mass is 35.5. The molecule has 1 aliphatic rings. The van der Waals surface area contributed by atoms with Gasteiger partial charge in [0.05, 0.1) is 0 Å². The summed E-state index contributed by atoms with van der Waals surface area (Å²) < 4.78 is 13.4. The van der Waals surface area contributed by atoms with Gasteiger partial charge in [0.1, 0.15) is 16.6 Å². The van der Waals surface area contributed by atoms with Gasteiger partial charge in [-0.25, -0.2) is 9.97 Å². The Labute approximate surface area is 160 Å². The van der Waals surface area contributed by atoms with E-state index in [-0.39, 0.29) is 29.2 Å². The number of carbonyl (C=O) groups is 1. The van der Waals surface area contributed by atoms with Gasteiger partial charge >= 0.3 is 0 Å². The fraction of sp³-hybridized carbons (Fsp3) is 0.444. The third-order valence-corrected chi connectivity index (χ3v) is 5.02. The molecule has 9 heteroatoms. The number of Topliss-reactive ketones (excluding diaryl/α,β-unsaturated/α-hetero) is 1. The van der Waals surface area contributed by atoms with Crippen LogP contribution in [0.3, 0.4) is 0 Å². The smallest absolute Gasteiger partial charge is 0.272 e. The summed E-state index contributed by atoms with van der Waals surface area (Å²) in [7, 11) is 0. The number of carbonyl (C=O) groups excluding carboxylic acids is 1. The second-order valence-corrected chi connectivity index (χ2v) is 6.85. The molecule has 0 unspecified atom stereocenters. The van der Waals surface area contributed by atoms with Crippen molar-refractivity contribution in [3.8, 4) is 11.4 Å². The van der Waals surface area contributed by atoms with Crippen LogP contribution in [0.4, 0.5) is 10.2 Å². The summed E-state index contributed by atoms with van der Waals surface area (Å²) in [6.07, 6.45) is 3.42. The van der Waals surface area contributed by atoms with Gasteiger partial charge in [0, 0.05) is 49.9 Å². The van der Waals surface area contributed by atoms with Crippen molar-refractivity contribution in [2.45, 2.75) is 25.7 Å². The van der Waals surface area contributed by atoms with Crippen LogP contribution < -0.4 is 10.5 Å². The molecule has 1 fully saturated rings. The van der Waals surface area contributed by atoms with Gasteiger partial charge in [-0.15, -0.1) is 0 Å². The molecule has 1 saturated heterocycles. The molecule has 2 aromatic heterocycles. The number of anilines is 1. The minimum atomic E-state index is -0.672. The van der Waals surface area contributed by atoms with Gasteiger partial charge in [0.2, 0.25) is 5.95 Å². The molecule has 0 atom stereocenters. The van der Waals surface area contributed by atoms with Crippen molar-refractivity contribution in [3.63, 3.8) is 0 Å². The van der Waals surface area contributed by atoms with E-state index < -0.39 is 11.5 Å². The number of aliphatic hydroxyl groups is 1. The zero-order chi connectivity index (χ0) is 19.4. The Bertz CT molecular complexity index is 881. The Morgan fingerprint density at radius 2 is 2.15 bits per heavy atom. The lowest BCUT2D eigenvalue weighted by Crippen LogP contribution is -2.38.